The van der Waals surface area contributed by atoms with Gasteiger partial charge in [0.15, 0.2) is 10.6 Å². The van der Waals surface area contributed by atoms with Crippen LogP contribution >= 0.6 is 46.4 Å². The third-order valence-electron chi connectivity index (χ3n) is 5.79. The number of amides is 3. The minimum atomic E-state index is -1.29. The molecule has 1 heterocycles. The van der Waals surface area contributed by atoms with Crippen LogP contribution in [-0.2, 0) is 14.3 Å². The molecule has 1 atom stereocenters. The Hall–Kier alpha value is -2.98. The van der Waals surface area contributed by atoms with Gasteiger partial charge in [-0.15, -0.1) is 0 Å². The van der Waals surface area contributed by atoms with Crippen LogP contribution in [0.4, 0.5) is 10.5 Å². The van der Waals surface area contributed by atoms with E-state index in [-0.39, 0.29) is 19.0 Å². The maximum Gasteiger partial charge on any atom is 0.408 e. The van der Waals surface area contributed by atoms with Crippen LogP contribution in [0.5, 0.6) is 0 Å². The molecule has 13 heteroatoms. The van der Waals surface area contributed by atoms with E-state index in [2.05, 4.69) is 15.8 Å². The van der Waals surface area contributed by atoms with Crippen molar-refractivity contribution in [2.24, 2.45) is 5.92 Å². The largest absolute Gasteiger partial charge is 0.444 e. The van der Waals surface area contributed by atoms with Crippen LogP contribution in [0.15, 0.2) is 59.3 Å². The predicted octanol–water partition coefficient (Wildman–Crippen LogP) is 7.45. The first-order valence-corrected chi connectivity index (χ1v) is 15.0. The molecule has 0 unspecified atom stereocenters. The van der Waals surface area contributed by atoms with Crippen LogP contribution < -0.4 is 15.5 Å². The fourth-order valence-electron chi connectivity index (χ4n) is 3.63. The summed E-state index contributed by atoms with van der Waals surface area (Å²) in [6.07, 6.45) is 0.833. The molecule has 0 bridgehead atoms. The summed E-state index contributed by atoms with van der Waals surface area (Å²) < 4.78 is 10.4. The Balaban J connectivity index is 0.000000609. The molecule has 3 amide bonds. The molecule has 3 aromatic rings. The molecule has 0 aliphatic heterocycles. The fourth-order valence-corrected chi connectivity index (χ4v) is 4.26. The zero-order valence-corrected chi connectivity index (χ0v) is 27.8. The number of aromatic nitrogens is 1. The lowest BCUT2D eigenvalue weighted by atomic mass is 10.0. The number of carbonyl (C=O) groups excluding carboxylic acids is 3. The van der Waals surface area contributed by atoms with Gasteiger partial charge in [-0.2, -0.15) is 0 Å². The summed E-state index contributed by atoms with van der Waals surface area (Å²) in [6, 6.07) is 13.4. The third-order valence-corrected chi connectivity index (χ3v) is 6.98. The van der Waals surface area contributed by atoms with Gasteiger partial charge in [-0.25, -0.2) is 4.79 Å². The second kappa shape index (κ2) is 16.8. The van der Waals surface area contributed by atoms with E-state index in [9.17, 15) is 14.4 Å². The molecular weight excluding hydrogens is 638 g/mol. The second-order valence-corrected chi connectivity index (χ2v) is 12.6. The molecular formula is C30H36Cl4N4O5. The molecule has 0 spiro atoms. The summed E-state index contributed by atoms with van der Waals surface area (Å²) in [5, 5.41) is 10.5. The Kier molecular flexibility index (Phi) is 14.1. The number of rotatable bonds is 9. The molecule has 2 aromatic carbocycles. The maximum absolute atomic E-state index is 12.8. The summed E-state index contributed by atoms with van der Waals surface area (Å²) >= 11 is 23.2. The Morgan fingerprint density at radius 2 is 1.65 bits per heavy atom. The van der Waals surface area contributed by atoms with E-state index >= 15 is 0 Å². The Morgan fingerprint density at radius 3 is 2.16 bits per heavy atom. The monoisotopic (exact) mass is 672 g/mol. The summed E-state index contributed by atoms with van der Waals surface area (Å²) in [5.41, 5.74) is 1.48. The third kappa shape index (κ3) is 11.9. The lowest BCUT2D eigenvalue weighted by molar-refractivity contribution is -0.124. The van der Waals surface area contributed by atoms with Crippen LogP contribution in [0.25, 0.3) is 11.3 Å². The highest BCUT2D eigenvalue weighted by Crippen LogP contribution is 2.26. The Bertz CT molecular complexity index is 1340. The zero-order chi connectivity index (χ0) is 32.3. The lowest BCUT2D eigenvalue weighted by Crippen LogP contribution is -2.52. The van der Waals surface area contributed by atoms with Crippen LogP contribution in [0.3, 0.4) is 0 Å². The fraction of sp³-hybridized carbons (Fsp3) is 0.400. The van der Waals surface area contributed by atoms with Crippen LogP contribution in [0.2, 0.25) is 10.0 Å². The van der Waals surface area contributed by atoms with Gasteiger partial charge in [0.25, 0.3) is 5.91 Å². The zero-order valence-electron chi connectivity index (χ0n) is 24.8. The number of benzene rings is 2. The van der Waals surface area contributed by atoms with E-state index < -0.39 is 34.4 Å². The standard InChI is InChI=1S/C23H30Cl2N4O5.C7H6Cl2/c1-14(2)18(28-22(32)33-23(3,4)5)20(30)26-11-12-29(21(31)19(24)25)16-8-6-7-15(13-16)17-9-10-27-34-17;1-5-6(8)3-2-4-7(5)9/h6-10,13-14,18-19H,11-12H2,1-5H3,(H,26,30)(H,28,32);2-4H,1H3/t18-;/m0./s1. The molecule has 0 radical (unpaired) electrons. The summed E-state index contributed by atoms with van der Waals surface area (Å²) in [4.78, 5) is 37.7. The first kappa shape index (κ1) is 36.2. The van der Waals surface area contributed by atoms with Crippen molar-refractivity contribution in [3.05, 3.63) is 70.3 Å². The molecule has 9 nitrogen and oxygen atoms in total. The van der Waals surface area contributed by atoms with Gasteiger partial charge < -0.3 is 24.8 Å². The van der Waals surface area contributed by atoms with E-state index in [0.717, 1.165) is 15.6 Å². The molecule has 0 aliphatic carbocycles. The maximum atomic E-state index is 12.8. The van der Waals surface area contributed by atoms with Crippen molar-refractivity contribution in [3.63, 3.8) is 0 Å². The van der Waals surface area contributed by atoms with Crippen molar-refractivity contribution < 1.29 is 23.6 Å². The lowest BCUT2D eigenvalue weighted by Gasteiger charge is -2.26. The summed E-state index contributed by atoms with van der Waals surface area (Å²) in [6.45, 7) is 10.9. The van der Waals surface area contributed by atoms with Crippen LogP contribution in [0, 0.1) is 12.8 Å². The highest BCUT2D eigenvalue weighted by atomic mass is 35.5. The van der Waals surface area contributed by atoms with E-state index in [1.807, 2.05) is 31.2 Å². The smallest absolute Gasteiger partial charge is 0.408 e. The highest BCUT2D eigenvalue weighted by molar-refractivity contribution is 6.54. The second-order valence-electron chi connectivity index (χ2n) is 10.7. The van der Waals surface area contributed by atoms with Crippen molar-refractivity contribution in [1.29, 1.82) is 0 Å². The number of ether oxygens (including phenoxy) is 1. The van der Waals surface area contributed by atoms with Gasteiger partial charge in [0.05, 0.1) is 6.20 Å². The summed E-state index contributed by atoms with van der Waals surface area (Å²) in [5.74, 6) is -0.612. The molecule has 0 saturated heterocycles. The van der Waals surface area contributed by atoms with Crippen molar-refractivity contribution in [1.82, 2.24) is 15.8 Å². The predicted molar refractivity (Wildman–Crippen MR) is 172 cm³/mol. The van der Waals surface area contributed by atoms with Crippen molar-refractivity contribution in [3.8, 4) is 11.3 Å². The highest BCUT2D eigenvalue weighted by Gasteiger charge is 2.28. The average molecular weight is 674 g/mol. The van der Waals surface area contributed by atoms with Gasteiger partial charge in [0.1, 0.15) is 11.6 Å². The summed E-state index contributed by atoms with van der Waals surface area (Å²) in [7, 11) is 0. The van der Waals surface area contributed by atoms with Gasteiger partial charge in [-0.3, -0.25) is 9.59 Å². The van der Waals surface area contributed by atoms with E-state index in [0.29, 0.717) is 17.0 Å². The molecule has 234 valence electrons. The van der Waals surface area contributed by atoms with E-state index in [1.165, 1.54) is 11.1 Å². The molecule has 0 aliphatic rings. The molecule has 0 fully saturated rings. The van der Waals surface area contributed by atoms with E-state index in [4.69, 9.17) is 55.7 Å². The van der Waals surface area contributed by atoms with Crippen LogP contribution in [0.1, 0.15) is 40.2 Å². The Labute approximate surface area is 272 Å². The molecule has 43 heavy (non-hydrogen) atoms. The van der Waals surface area contributed by atoms with Gasteiger partial charge in [0.2, 0.25) is 5.91 Å². The van der Waals surface area contributed by atoms with Gasteiger partial charge in [-0.1, -0.05) is 83.6 Å². The Morgan fingerprint density at radius 1 is 1.02 bits per heavy atom. The van der Waals surface area contributed by atoms with Crippen molar-refractivity contribution in [2.75, 3.05) is 18.0 Å². The van der Waals surface area contributed by atoms with Gasteiger partial charge >= 0.3 is 6.09 Å². The number of hydrogen-bond acceptors (Lipinski definition) is 6. The number of nitrogens with one attached hydrogen (secondary N) is 2. The molecule has 1 aromatic heterocycles. The molecule has 0 saturated carbocycles. The number of anilines is 1. The number of nitrogens with zero attached hydrogens (tertiary/aromatic N) is 2. The first-order valence-electron chi connectivity index (χ1n) is 13.4. The molecule has 3 rings (SSSR count). The first-order chi connectivity index (χ1) is 20.1. The quantitative estimate of drug-likeness (QED) is 0.228. The number of halogens is 4. The number of carbonyl (C=O) groups is 3. The average Bonchev–Trinajstić information content (AvgIpc) is 3.47. The van der Waals surface area contributed by atoms with Crippen molar-refractivity contribution in [2.45, 2.75) is 58.0 Å². The number of alkyl halides is 2. The minimum absolute atomic E-state index is 0.0941. The SMILES string of the molecule is CC(C)[C@H](NC(=O)OC(C)(C)C)C(=O)NCCN(C(=O)C(Cl)Cl)c1cccc(-c2ccno2)c1.Cc1c(Cl)cccc1Cl. The van der Waals surface area contributed by atoms with Gasteiger partial charge in [0, 0.05) is 40.5 Å². The number of hydrogen-bond donors (Lipinski definition) is 2. The normalized spacial score (nSPS) is 11.8. The topological polar surface area (TPSA) is 114 Å². The van der Waals surface area contributed by atoms with Gasteiger partial charge in [-0.05, 0) is 63.4 Å². The minimum Gasteiger partial charge on any atom is -0.444 e. The van der Waals surface area contributed by atoms with Crippen LogP contribution in [-0.4, -0.2) is 52.6 Å². The number of alkyl carbamates (subject to hydrolysis) is 1. The molecule has 2 N–H and O–H groups in total. The van der Waals surface area contributed by atoms with Crippen molar-refractivity contribution >= 4 is 70.0 Å². The van der Waals surface area contributed by atoms with E-state index in [1.54, 1.807) is 58.9 Å².